The molecule has 1 atom stereocenters. The maximum Gasteiger partial charge on any atom is 0.265 e. The fraction of sp³-hybridized carbons (Fsp3) is 0.429. The first-order valence-corrected chi connectivity index (χ1v) is 17.3. The molecule has 0 aliphatic carbocycles. The van der Waals surface area contributed by atoms with Crippen LogP contribution in [0.2, 0.25) is 0 Å². The number of nitrogens with one attached hydrogen (secondary N) is 2. The minimum absolute atomic E-state index is 0.0500. The lowest BCUT2D eigenvalue weighted by atomic mass is 10.0. The first kappa shape index (κ1) is 35.6. The maximum absolute atomic E-state index is 13.5. The summed E-state index contributed by atoms with van der Waals surface area (Å²) < 4.78 is 45.6. The number of hydrogen-bond acceptors (Lipinski definition) is 7. The lowest BCUT2D eigenvalue weighted by Crippen LogP contribution is -2.33. The van der Waals surface area contributed by atoms with Crippen molar-refractivity contribution in [3.05, 3.63) is 72.8 Å². The zero-order valence-electron chi connectivity index (χ0n) is 26.3. The zero-order chi connectivity index (χ0) is 32.3. The second kappa shape index (κ2) is 19.5. The van der Waals surface area contributed by atoms with Gasteiger partial charge in [0.15, 0.2) is 6.10 Å². The van der Waals surface area contributed by atoms with Gasteiger partial charge in [-0.05, 0) is 67.4 Å². The highest BCUT2D eigenvalue weighted by Crippen LogP contribution is 2.32. The van der Waals surface area contributed by atoms with Gasteiger partial charge in [0.05, 0.1) is 13.7 Å². The third-order valence-corrected chi connectivity index (χ3v) is 8.72. The van der Waals surface area contributed by atoms with Gasteiger partial charge >= 0.3 is 0 Å². The van der Waals surface area contributed by atoms with Crippen LogP contribution in [0.15, 0.2) is 77.7 Å². The summed E-state index contributed by atoms with van der Waals surface area (Å²) in [5, 5.41) is 2.82. The standard InChI is InChI=1S/C35H46N2O7S/c1-3-4-5-6-7-8-9-10-11-15-18-33(44-31-22-20-29(42-2)21-23-31)35(39)37-28-19-24-32(43-30-16-13-12-14-17-30)34(27-28)45(40,41)36-25-26-38/h12-14,16-17,19-24,26-27,33,36H,3-11,15,18,25H2,1-2H3,(H,37,39). The van der Waals surface area contributed by atoms with E-state index in [-0.39, 0.29) is 16.3 Å². The molecule has 2 N–H and O–H groups in total. The van der Waals surface area contributed by atoms with Gasteiger partial charge in [0.25, 0.3) is 5.91 Å². The average molecular weight is 639 g/mol. The van der Waals surface area contributed by atoms with Crippen LogP contribution >= 0.6 is 0 Å². The number of ether oxygens (including phenoxy) is 3. The number of carbonyl (C=O) groups excluding carboxylic acids is 2. The molecule has 0 saturated carbocycles. The second-order valence-electron chi connectivity index (χ2n) is 10.8. The van der Waals surface area contributed by atoms with E-state index in [0.29, 0.717) is 30.0 Å². The Kier molecular flexibility index (Phi) is 15.4. The van der Waals surface area contributed by atoms with Crippen molar-refractivity contribution in [3.8, 4) is 23.0 Å². The van der Waals surface area contributed by atoms with Crippen LogP contribution in [0.25, 0.3) is 0 Å². The van der Waals surface area contributed by atoms with Crippen molar-refractivity contribution in [3.63, 3.8) is 0 Å². The van der Waals surface area contributed by atoms with Crippen LogP contribution in [0.4, 0.5) is 5.69 Å². The smallest absolute Gasteiger partial charge is 0.265 e. The number of hydrogen-bond donors (Lipinski definition) is 2. The Labute approximate surface area is 267 Å². The third kappa shape index (κ3) is 12.6. The van der Waals surface area contributed by atoms with E-state index in [1.165, 1.54) is 57.1 Å². The predicted octanol–water partition coefficient (Wildman–Crippen LogP) is 7.66. The van der Waals surface area contributed by atoms with E-state index in [4.69, 9.17) is 14.2 Å². The van der Waals surface area contributed by atoms with E-state index >= 15 is 0 Å². The first-order chi connectivity index (χ1) is 21.9. The minimum Gasteiger partial charge on any atom is -0.497 e. The lowest BCUT2D eigenvalue weighted by molar-refractivity contribution is -0.123. The predicted molar refractivity (Wildman–Crippen MR) is 177 cm³/mol. The van der Waals surface area contributed by atoms with Crippen molar-refractivity contribution in [2.24, 2.45) is 0 Å². The Morgan fingerprint density at radius 2 is 1.42 bits per heavy atom. The summed E-state index contributed by atoms with van der Waals surface area (Å²) in [5.74, 6) is 1.28. The van der Waals surface area contributed by atoms with Crippen LogP contribution in [-0.2, 0) is 19.6 Å². The van der Waals surface area contributed by atoms with E-state index in [9.17, 15) is 18.0 Å². The van der Waals surface area contributed by atoms with E-state index < -0.39 is 28.6 Å². The van der Waals surface area contributed by atoms with E-state index in [1.54, 1.807) is 61.7 Å². The number of methoxy groups -OCH3 is 1. The van der Waals surface area contributed by atoms with Crippen LogP contribution in [0.3, 0.4) is 0 Å². The normalized spacial score (nSPS) is 11.9. The Morgan fingerprint density at radius 1 is 0.800 bits per heavy atom. The number of benzene rings is 3. The van der Waals surface area contributed by atoms with Gasteiger partial charge in [-0.15, -0.1) is 0 Å². The minimum atomic E-state index is -4.14. The first-order valence-electron chi connectivity index (χ1n) is 15.8. The summed E-state index contributed by atoms with van der Waals surface area (Å²) in [7, 11) is -2.56. The van der Waals surface area contributed by atoms with Crippen LogP contribution in [0.1, 0.15) is 77.6 Å². The van der Waals surface area contributed by atoms with Gasteiger partial charge in [-0.25, -0.2) is 13.1 Å². The molecule has 3 aromatic carbocycles. The summed E-state index contributed by atoms with van der Waals surface area (Å²) in [6.07, 6.45) is 11.9. The van der Waals surface area contributed by atoms with Crippen molar-refractivity contribution in [2.75, 3.05) is 19.0 Å². The number of carbonyl (C=O) groups is 2. The van der Waals surface area contributed by atoms with Crippen LogP contribution in [0.5, 0.6) is 23.0 Å². The zero-order valence-corrected chi connectivity index (χ0v) is 27.2. The highest BCUT2D eigenvalue weighted by molar-refractivity contribution is 7.89. The van der Waals surface area contributed by atoms with Crippen LogP contribution in [0, 0.1) is 0 Å². The molecule has 0 aliphatic heterocycles. The fourth-order valence-corrected chi connectivity index (χ4v) is 5.92. The van der Waals surface area contributed by atoms with E-state index in [2.05, 4.69) is 17.0 Å². The van der Waals surface area contributed by atoms with Gasteiger partial charge in [0, 0.05) is 5.69 Å². The van der Waals surface area contributed by atoms with Crippen LogP contribution < -0.4 is 24.2 Å². The quantitative estimate of drug-likeness (QED) is 0.0856. The monoisotopic (exact) mass is 638 g/mol. The van der Waals surface area contributed by atoms with Gasteiger partial charge in [-0.1, -0.05) is 82.9 Å². The van der Waals surface area contributed by atoms with Gasteiger partial charge in [0.1, 0.15) is 34.2 Å². The molecule has 0 aromatic heterocycles. The molecule has 0 saturated heterocycles. The number of amides is 1. The molecule has 0 spiro atoms. The van der Waals surface area contributed by atoms with Crippen molar-refractivity contribution in [1.29, 1.82) is 0 Å². The summed E-state index contributed by atoms with van der Waals surface area (Å²) in [6.45, 7) is 1.82. The van der Waals surface area contributed by atoms with E-state index in [1.807, 2.05) is 6.07 Å². The van der Waals surface area contributed by atoms with Gasteiger partial charge in [0.2, 0.25) is 10.0 Å². The summed E-state index contributed by atoms with van der Waals surface area (Å²) >= 11 is 0. The Morgan fingerprint density at radius 3 is 2.04 bits per heavy atom. The Bertz CT molecular complexity index is 1410. The fourth-order valence-electron chi connectivity index (χ4n) is 4.82. The maximum atomic E-state index is 13.5. The number of rotatable bonds is 22. The number of unbranched alkanes of at least 4 members (excludes halogenated alkanes) is 9. The lowest BCUT2D eigenvalue weighted by Gasteiger charge is -2.20. The Balaban J connectivity index is 1.72. The molecule has 3 rings (SSSR count). The van der Waals surface area contributed by atoms with Crippen LogP contribution in [-0.4, -0.2) is 40.4 Å². The summed E-state index contributed by atoms with van der Waals surface area (Å²) in [4.78, 5) is 24.2. The molecule has 1 unspecified atom stereocenters. The van der Waals surface area contributed by atoms with E-state index in [0.717, 1.165) is 19.3 Å². The Hall–Kier alpha value is -3.89. The average Bonchev–Trinajstić information content (AvgIpc) is 3.05. The molecule has 0 radical (unpaired) electrons. The van der Waals surface area contributed by atoms with Crippen molar-refractivity contribution < 1.29 is 32.2 Å². The summed E-state index contributed by atoms with van der Waals surface area (Å²) in [5.41, 5.74) is 0.248. The number of sulfonamides is 1. The number of anilines is 1. The topological polar surface area (TPSA) is 120 Å². The second-order valence-corrected chi connectivity index (χ2v) is 12.6. The molecule has 0 aliphatic rings. The van der Waals surface area contributed by atoms with Crippen molar-refractivity contribution >= 4 is 27.9 Å². The van der Waals surface area contributed by atoms with Crippen molar-refractivity contribution in [2.45, 2.75) is 88.6 Å². The highest BCUT2D eigenvalue weighted by Gasteiger charge is 2.24. The molecule has 0 heterocycles. The molecule has 3 aromatic rings. The SMILES string of the molecule is CCCCCCCCCCCCC(Oc1ccc(OC)cc1)C(=O)Nc1ccc(Oc2ccccc2)c(S(=O)(=O)NCC=O)c1. The molecule has 10 heteroatoms. The molecule has 9 nitrogen and oxygen atoms in total. The molecule has 0 fully saturated rings. The summed E-state index contributed by atoms with van der Waals surface area (Å²) in [6, 6.07) is 20.1. The van der Waals surface area contributed by atoms with Gasteiger partial charge in [-0.2, -0.15) is 0 Å². The molecule has 1 amide bonds. The van der Waals surface area contributed by atoms with Crippen molar-refractivity contribution in [1.82, 2.24) is 4.72 Å². The number of aldehydes is 1. The number of para-hydroxylation sites is 1. The molecular weight excluding hydrogens is 592 g/mol. The molecular formula is C35H46N2O7S. The molecule has 0 bridgehead atoms. The van der Waals surface area contributed by atoms with Gasteiger partial charge in [-0.3, -0.25) is 4.79 Å². The largest absolute Gasteiger partial charge is 0.497 e. The molecule has 244 valence electrons. The van der Waals surface area contributed by atoms with Gasteiger partial charge < -0.3 is 24.3 Å². The highest BCUT2D eigenvalue weighted by atomic mass is 32.2. The third-order valence-electron chi connectivity index (χ3n) is 7.28. The molecule has 45 heavy (non-hydrogen) atoms.